The van der Waals surface area contributed by atoms with Gasteiger partial charge >= 0.3 is 0 Å². The molecule has 2 fully saturated rings. The number of nitrogens with zero attached hydrogens (tertiary/aromatic N) is 2. The second-order valence-electron chi connectivity index (χ2n) is 7.31. The minimum Gasteiger partial charge on any atom is -0.396 e. The van der Waals surface area contributed by atoms with E-state index in [1.807, 2.05) is 18.0 Å². The predicted molar refractivity (Wildman–Crippen MR) is 102 cm³/mol. The number of likely N-dealkylation sites (N-methyl/N-ethyl adjacent to an activating group) is 1. The Morgan fingerprint density at radius 3 is 2.56 bits per heavy atom. The van der Waals surface area contributed by atoms with Gasteiger partial charge in [0.1, 0.15) is 0 Å². The van der Waals surface area contributed by atoms with Gasteiger partial charge < -0.3 is 15.3 Å². The summed E-state index contributed by atoms with van der Waals surface area (Å²) in [5, 5.41) is 12.9. The number of hydrogen-bond donors (Lipinski definition) is 2. The number of nitrogens with one attached hydrogen (secondary N) is 1. The van der Waals surface area contributed by atoms with Crippen LogP contribution in [0.2, 0.25) is 0 Å². The molecule has 140 valence electrons. The number of halogens is 1. The van der Waals surface area contributed by atoms with Crippen molar-refractivity contribution in [1.29, 1.82) is 0 Å². The van der Waals surface area contributed by atoms with Crippen LogP contribution in [0, 0.1) is 11.3 Å². The standard InChI is InChI=1S/C19H29N3O2.ClH/c1-20-11-18(24)22-9-7-19(8-10-22)15-21(13-17(19)14-23)12-16-5-3-2-4-6-16;/h2-6,17,20,23H,7-15H2,1H3;1H. The van der Waals surface area contributed by atoms with Gasteiger partial charge in [-0.05, 0) is 30.9 Å². The zero-order valence-electron chi connectivity index (χ0n) is 15.0. The minimum atomic E-state index is 0. The Labute approximate surface area is 156 Å². The molecule has 1 unspecified atom stereocenters. The Morgan fingerprint density at radius 2 is 1.96 bits per heavy atom. The summed E-state index contributed by atoms with van der Waals surface area (Å²) in [5.41, 5.74) is 1.49. The Balaban J connectivity index is 0.00000225. The van der Waals surface area contributed by atoms with Crippen molar-refractivity contribution in [3.63, 3.8) is 0 Å². The van der Waals surface area contributed by atoms with Crippen LogP contribution in [0.4, 0.5) is 0 Å². The Kier molecular flexibility index (Phi) is 7.25. The lowest BCUT2D eigenvalue weighted by Gasteiger charge is -2.42. The van der Waals surface area contributed by atoms with Crippen molar-refractivity contribution in [1.82, 2.24) is 15.1 Å². The van der Waals surface area contributed by atoms with E-state index in [1.54, 1.807) is 0 Å². The Bertz CT molecular complexity index is 547. The summed E-state index contributed by atoms with van der Waals surface area (Å²) >= 11 is 0. The maximum absolute atomic E-state index is 12.1. The molecular formula is C19H30ClN3O2. The first-order valence-electron chi connectivity index (χ1n) is 8.96. The lowest BCUT2D eigenvalue weighted by atomic mass is 9.71. The molecule has 2 heterocycles. The van der Waals surface area contributed by atoms with Gasteiger partial charge in [-0.25, -0.2) is 0 Å². The van der Waals surface area contributed by atoms with E-state index in [9.17, 15) is 9.90 Å². The quantitative estimate of drug-likeness (QED) is 0.825. The first kappa shape index (κ1) is 20.2. The summed E-state index contributed by atoms with van der Waals surface area (Å²) in [5.74, 6) is 0.509. The van der Waals surface area contributed by atoms with E-state index >= 15 is 0 Å². The zero-order chi connectivity index (χ0) is 17.0. The van der Waals surface area contributed by atoms with Crippen LogP contribution in [0.5, 0.6) is 0 Å². The van der Waals surface area contributed by atoms with Gasteiger partial charge in [0.05, 0.1) is 6.54 Å². The Hall–Kier alpha value is -1.14. The van der Waals surface area contributed by atoms with Crippen LogP contribution in [0.1, 0.15) is 18.4 Å². The molecule has 2 N–H and O–H groups in total. The first-order valence-corrected chi connectivity index (χ1v) is 8.96. The molecule has 5 nitrogen and oxygen atoms in total. The van der Waals surface area contributed by atoms with Gasteiger partial charge in [-0.15, -0.1) is 12.4 Å². The summed E-state index contributed by atoms with van der Waals surface area (Å²) in [7, 11) is 1.81. The molecule has 2 saturated heterocycles. The van der Waals surface area contributed by atoms with E-state index in [1.165, 1.54) is 5.56 Å². The molecule has 1 aromatic rings. The van der Waals surface area contributed by atoms with E-state index in [0.717, 1.165) is 45.6 Å². The zero-order valence-corrected chi connectivity index (χ0v) is 15.8. The molecule has 1 atom stereocenters. The van der Waals surface area contributed by atoms with Gasteiger partial charge in [-0.1, -0.05) is 30.3 Å². The van der Waals surface area contributed by atoms with Gasteiger partial charge in [0.2, 0.25) is 5.91 Å². The fourth-order valence-corrected chi connectivity index (χ4v) is 4.39. The number of carbonyl (C=O) groups excluding carboxylic acids is 1. The molecule has 3 rings (SSSR count). The van der Waals surface area contributed by atoms with Gasteiger partial charge in [0, 0.05) is 45.2 Å². The highest BCUT2D eigenvalue weighted by molar-refractivity contribution is 5.85. The van der Waals surface area contributed by atoms with Crippen LogP contribution in [-0.4, -0.2) is 67.2 Å². The Morgan fingerprint density at radius 1 is 1.28 bits per heavy atom. The summed E-state index contributed by atoms with van der Waals surface area (Å²) in [6, 6.07) is 10.5. The van der Waals surface area contributed by atoms with Gasteiger partial charge in [0.15, 0.2) is 0 Å². The molecule has 1 amide bonds. The number of rotatable bonds is 5. The molecular weight excluding hydrogens is 338 g/mol. The molecule has 25 heavy (non-hydrogen) atoms. The second kappa shape index (κ2) is 8.99. The normalized spacial score (nSPS) is 22.8. The van der Waals surface area contributed by atoms with Crippen molar-refractivity contribution in [2.75, 3.05) is 46.4 Å². The number of aliphatic hydroxyl groups excluding tert-OH is 1. The topological polar surface area (TPSA) is 55.8 Å². The third-order valence-electron chi connectivity index (χ3n) is 5.79. The van der Waals surface area contributed by atoms with Crippen LogP contribution >= 0.6 is 12.4 Å². The van der Waals surface area contributed by atoms with E-state index in [-0.39, 0.29) is 30.3 Å². The van der Waals surface area contributed by atoms with E-state index in [4.69, 9.17) is 0 Å². The number of aliphatic hydroxyl groups is 1. The van der Waals surface area contributed by atoms with Crippen molar-refractivity contribution in [2.45, 2.75) is 19.4 Å². The van der Waals surface area contributed by atoms with Crippen molar-refractivity contribution >= 4 is 18.3 Å². The fourth-order valence-electron chi connectivity index (χ4n) is 4.39. The van der Waals surface area contributed by atoms with E-state index in [0.29, 0.717) is 12.5 Å². The predicted octanol–water partition coefficient (Wildman–Crippen LogP) is 1.36. The van der Waals surface area contributed by atoms with Crippen molar-refractivity contribution in [2.24, 2.45) is 11.3 Å². The lowest BCUT2D eigenvalue weighted by molar-refractivity contribution is -0.132. The largest absolute Gasteiger partial charge is 0.396 e. The molecule has 6 heteroatoms. The summed E-state index contributed by atoms with van der Waals surface area (Å²) < 4.78 is 0. The highest BCUT2D eigenvalue weighted by Gasteiger charge is 2.47. The van der Waals surface area contributed by atoms with Crippen LogP contribution < -0.4 is 5.32 Å². The summed E-state index contributed by atoms with van der Waals surface area (Å²) in [4.78, 5) is 16.5. The van der Waals surface area contributed by atoms with Crippen molar-refractivity contribution in [3.05, 3.63) is 35.9 Å². The number of likely N-dealkylation sites (tertiary alicyclic amines) is 2. The van der Waals surface area contributed by atoms with Crippen LogP contribution in [0.25, 0.3) is 0 Å². The number of benzene rings is 1. The third kappa shape index (κ3) is 4.53. The van der Waals surface area contributed by atoms with Gasteiger partial charge in [-0.3, -0.25) is 9.69 Å². The second-order valence-corrected chi connectivity index (χ2v) is 7.31. The van der Waals surface area contributed by atoms with Crippen LogP contribution in [0.3, 0.4) is 0 Å². The fraction of sp³-hybridized carbons (Fsp3) is 0.632. The van der Waals surface area contributed by atoms with E-state index in [2.05, 4.69) is 34.5 Å². The van der Waals surface area contributed by atoms with Gasteiger partial charge in [0.25, 0.3) is 0 Å². The van der Waals surface area contributed by atoms with Crippen LogP contribution in [-0.2, 0) is 11.3 Å². The molecule has 0 aliphatic carbocycles. The molecule has 1 spiro atoms. The number of carbonyl (C=O) groups is 1. The lowest BCUT2D eigenvalue weighted by Crippen LogP contribution is -2.48. The molecule has 1 aromatic carbocycles. The van der Waals surface area contributed by atoms with Crippen molar-refractivity contribution in [3.8, 4) is 0 Å². The van der Waals surface area contributed by atoms with Gasteiger partial charge in [-0.2, -0.15) is 0 Å². The average molecular weight is 368 g/mol. The molecule has 2 aliphatic heterocycles. The number of hydrogen-bond acceptors (Lipinski definition) is 4. The maximum atomic E-state index is 12.1. The monoisotopic (exact) mass is 367 g/mol. The highest BCUT2D eigenvalue weighted by atomic mass is 35.5. The average Bonchev–Trinajstić information content (AvgIpc) is 2.93. The molecule has 2 aliphatic rings. The summed E-state index contributed by atoms with van der Waals surface area (Å²) in [6.45, 7) is 5.22. The van der Waals surface area contributed by atoms with Crippen LogP contribution in [0.15, 0.2) is 30.3 Å². The first-order chi connectivity index (χ1) is 11.7. The smallest absolute Gasteiger partial charge is 0.236 e. The molecule has 0 bridgehead atoms. The molecule has 0 radical (unpaired) electrons. The summed E-state index contributed by atoms with van der Waals surface area (Å²) in [6.07, 6.45) is 2.00. The number of piperidine rings is 1. The minimum absolute atomic E-state index is 0. The highest BCUT2D eigenvalue weighted by Crippen LogP contribution is 2.44. The molecule has 0 aromatic heterocycles. The SMILES string of the molecule is CNCC(=O)N1CCC2(CC1)CN(Cc1ccccc1)CC2CO.Cl. The maximum Gasteiger partial charge on any atom is 0.236 e. The number of amides is 1. The molecule has 0 saturated carbocycles. The van der Waals surface area contributed by atoms with E-state index < -0.39 is 0 Å². The third-order valence-corrected chi connectivity index (χ3v) is 5.79. The van der Waals surface area contributed by atoms with Crippen molar-refractivity contribution < 1.29 is 9.90 Å².